The van der Waals surface area contributed by atoms with E-state index in [0.717, 1.165) is 29.9 Å². The van der Waals surface area contributed by atoms with Gasteiger partial charge in [-0.05, 0) is 18.6 Å². The molecule has 1 saturated heterocycles. The summed E-state index contributed by atoms with van der Waals surface area (Å²) in [5.74, 6) is -2.32. The van der Waals surface area contributed by atoms with Crippen LogP contribution in [0.2, 0.25) is 0 Å². The van der Waals surface area contributed by atoms with E-state index < -0.39 is 52.2 Å². The highest BCUT2D eigenvalue weighted by molar-refractivity contribution is 7.93. The van der Waals surface area contributed by atoms with Crippen molar-refractivity contribution < 1.29 is 41.7 Å². The Morgan fingerprint density at radius 1 is 1.03 bits per heavy atom. The molecule has 0 bridgehead atoms. The molecule has 174 valence electrons. The van der Waals surface area contributed by atoms with E-state index in [-0.39, 0.29) is 23.1 Å². The second-order valence-corrected chi connectivity index (χ2v) is 10.5. The number of sulfone groups is 1. The Labute approximate surface area is 188 Å². The number of hydrogen-bond acceptors (Lipinski definition) is 11. The third kappa shape index (κ3) is 5.81. The lowest BCUT2D eigenvalue weighted by Gasteiger charge is -2.40. The fourth-order valence-corrected chi connectivity index (χ4v) is 6.08. The van der Waals surface area contributed by atoms with Gasteiger partial charge in [0.05, 0.1) is 28.7 Å². The van der Waals surface area contributed by atoms with E-state index in [1.165, 1.54) is 6.92 Å². The molecule has 1 aliphatic heterocycles. The van der Waals surface area contributed by atoms with Crippen molar-refractivity contribution in [2.75, 3.05) is 12.4 Å². The summed E-state index contributed by atoms with van der Waals surface area (Å²) in [6.07, 6.45) is -4.25. The minimum atomic E-state index is -3.75. The molecule has 0 radical (unpaired) electrons. The molecule has 4 atom stereocenters. The summed E-state index contributed by atoms with van der Waals surface area (Å²) in [6.45, 7) is 3.36. The standard InChI is InChI=1S/C20H23NO9S2/c1-11(22)28-16-10-27-15(18(29-12(2)23)19(16)30-13(3)24)8-9-32(25,26)20-21-14-6-4-5-7-17(14)31-20/h4-7,15-16,18-19H,8-10H2,1-3H3/t15-,16+,18+,19+/m1/s1. The third-order valence-electron chi connectivity index (χ3n) is 4.66. The van der Waals surface area contributed by atoms with Crippen LogP contribution in [-0.4, -0.2) is 68.1 Å². The van der Waals surface area contributed by atoms with Crippen LogP contribution >= 0.6 is 11.3 Å². The van der Waals surface area contributed by atoms with Crippen LogP contribution in [-0.2, 0) is 43.2 Å². The topological polar surface area (TPSA) is 135 Å². The van der Waals surface area contributed by atoms with Gasteiger partial charge >= 0.3 is 17.9 Å². The Balaban J connectivity index is 1.80. The van der Waals surface area contributed by atoms with Crippen LogP contribution < -0.4 is 0 Å². The average molecular weight is 486 g/mol. The number of para-hydroxylation sites is 1. The van der Waals surface area contributed by atoms with Crippen LogP contribution in [0.25, 0.3) is 10.2 Å². The van der Waals surface area contributed by atoms with Gasteiger partial charge in [0.2, 0.25) is 14.2 Å². The van der Waals surface area contributed by atoms with E-state index in [1.807, 2.05) is 0 Å². The van der Waals surface area contributed by atoms with Gasteiger partial charge in [0.25, 0.3) is 0 Å². The van der Waals surface area contributed by atoms with Crippen molar-refractivity contribution in [2.24, 2.45) is 0 Å². The van der Waals surface area contributed by atoms with Gasteiger partial charge in [-0.25, -0.2) is 13.4 Å². The molecule has 0 aliphatic carbocycles. The monoisotopic (exact) mass is 485 g/mol. The van der Waals surface area contributed by atoms with E-state index in [0.29, 0.717) is 5.52 Å². The van der Waals surface area contributed by atoms with Crippen molar-refractivity contribution in [2.45, 2.75) is 55.9 Å². The second-order valence-electron chi connectivity index (χ2n) is 7.22. The van der Waals surface area contributed by atoms with E-state index in [4.69, 9.17) is 18.9 Å². The lowest BCUT2D eigenvalue weighted by molar-refractivity contribution is -0.225. The lowest BCUT2D eigenvalue weighted by Crippen LogP contribution is -2.57. The zero-order valence-electron chi connectivity index (χ0n) is 17.7. The molecule has 12 heteroatoms. The van der Waals surface area contributed by atoms with Gasteiger partial charge in [0.1, 0.15) is 0 Å². The molecular weight excluding hydrogens is 462 g/mol. The highest BCUT2D eigenvalue weighted by Crippen LogP contribution is 2.29. The Kier molecular flexibility index (Phi) is 7.47. The number of thiazole rings is 1. The maximum atomic E-state index is 12.9. The summed E-state index contributed by atoms with van der Waals surface area (Å²) in [5, 5.41) is 0. The number of fused-ring (bicyclic) bond motifs is 1. The molecule has 10 nitrogen and oxygen atoms in total. The predicted molar refractivity (Wildman–Crippen MR) is 113 cm³/mol. The van der Waals surface area contributed by atoms with Crippen LogP contribution in [0.1, 0.15) is 27.2 Å². The first-order valence-electron chi connectivity index (χ1n) is 9.78. The van der Waals surface area contributed by atoms with Gasteiger partial charge < -0.3 is 18.9 Å². The van der Waals surface area contributed by atoms with E-state index in [2.05, 4.69) is 4.98 Å². The highest BCUT2D eigenvalue weighted by atomic mass is 32.2. The maximum absolute atomic E-state index is 12.9. The first-order chi connectivity index (χ1) is 15.1. The lowest BCUT2D eigenvalue weighted by atomic mass is 9.97. The minimum Gasteiger partial charge on any atom is -0.456 e. The van der Waals surface area contributed by atoms with Crippen molar-refractivity contribution in [3.63, 3.8) is 0 Å². The Hall–Kier alpha value is -2.57. The molecule has 32 heavy (non-hydrogen) atoms. The molecule has 1 aromatic carbocycles. The summed E-state index contributed by atoms with van der Waals surface area (Å²) in [6, 6.07) is 7.08. The number of carbonyl (C=O) groups is 3. The van der Waals surface area contributed by atoms with E-state index >= 15 is 0 Å². The van der Waals surface area contributed by atoms with Crippen LogP contribution in [0.3, 0.4) is 0 Å². The third-order valence-corrected chi connectivity index (χ3v) is 7.90. The van der Waals surface area contributed by atoms with Gasteiger partial charge in [-0.2, -0.15) is 0 Å². The van der Waals surface area contributed by atoms with Gasteiger partial charge in [-0.15, -0.1) is 11.3 Å². The van der Waals surface area contributed by atoms with Crippen LogP contribution in [0.5, 0.6) is 0 Å². The fraction of sp³-hybridized carbons (Fsp3) is 0.500. The Bertz CT molecular complexity index is 1080. The molecule has 1 aliphatic rings. The average Bonchev–Trinajstić information content (AvgIpc) is 3.14. The van der Waals surface area contributed by atoms with Gasteiger partial charge in [-0.3, -0.25) is 14.4 Å². The molecular formula is C20H23NO9S2. The first-order valence-corrected chi connectivity index (χ1v) is 12.3. The normalized spacial score (nSPS) is 23.5. The SMILES string of the molecule is CC(=O)O[C@@H]1[C@@H](OC(C)=O)[C@@H](CCS(=O)(=O)c2nc3ccccc3s2)OC[C@@H]1OC(C)=O. The van der Waals surface area contributed by atoms with Gasteiger partial charge in [-0.1, -0.05) is 12.1 Å². The zero-order chi connectivity index (χ0) is 23.5. The molecule has 0 unspecified atom stereocenters. The number of aromatic nitrogens is 1. The number of esters is 3. The van der Waals surface area contributed by atoms with Crippen molar-refractivity contribution in [3.05, 3.63) is 24.3 Å². The smallest absolute Gasteiger partial charge is 0.303 e. The summed E-state index contributed by atoms with van der Waals surface area (Å²) in [7, 11) is -3.75. The molecule has 0 amide bonds. The van der Waals surface area contributed by atoms with Gasteiger partial charge in [0.15, 0.2) is 18.3 Å². The maximum Gasteiger partial charge on any atom is 0.303 e. The van der Waals surface area contributed by atoms with E-state index in [1.54, 1.807) is 24.3 Å². The van der Waals surface area contributed by atoms with Crippen molar-refractivity contribution in [1.29, 1.82) is 0 Å². The second kappa shape index (κ2) is 9.92. The highest BCUT2D eigenvalue weighted by Gasteiger charge is 2.47. The molecule has 0 saturated carbocycles. The molecule has 2 aromatic rings. The predicted octanol–water partition coefficient (Wildman–Crippen LogP) is 1.65. The quantitative estimate of drug-likeness (QED) is 0.421. The molecule has 2 heterocycles. The molecule has 0 N–H and O–H groups in total. The van der Waals surface area contributed by atoms with E-state index in [9.17, 15) is 22.8 Å². The number of nitrogens with zero attached hydrogens (tertiary/aromatic N) is 1. The molecule has 0 spiro atoms. The summed E-state index contributed by atoms with van der Waals surface area (Å²) < 4.78 is 47.9. The minimum absolute atomic E-state index is 0.0205. The van der Waals surface area contributed by atoms with Crippen molar-refractivity contribution >= 4 is 49.3 Å². The first kappa shape index (κ1) is 24.1. The number of ether oxygens (including phenoxy) is 4. The number of rotatable bonds is 7. The molecule has 1 aromatic heterocycles. The Morgan fingerprint density at radius 3 is 2.28 bits per heavy atom. The van der Waals surface area contributed by atoms with Crippen LogP contribution in [0.15, 0.2) is 28.6 Å². The van der Waals surface area contributed by atoms with Gasteiger partial charge in [0, 0.05) is 20.8 Å². The largest absolute Gasteiger partial charge is 0.456 e. The Morgan fingerprint density at radius 2 is 1.66 bits per heavy atom. The van der Waals surface area contributed by atoms with Crippen molar-refractivity contribution in [3.8, 4) is 0 Å². The summed E-state index contributed by atoms with van der Waals surface area (Å²) in [4.78, 5) is 38.9. The number of carbonyl (C=O) groups excluding carboxylic acids is 3. The summed E-state index contributed by atoms with van der Waals surface area (Å²) >= 11 is 1.07. The molecule has 1 fully saturated rings. The summed E-state index contributed by atoms with van der Waals surface area (Å²) in [5.41, 5.74) is 0.585. The number of benzene rings is 1. The fourth-order valence-electron chi connectivity index (χ4n) is 3.40. The number of hydrogen-bond donors (Lipinski definition) is 0. The zero-order valence-corrected chi connectivity index (χ0v) is 19.3. The van der Waals surface area contributed by atoms with Crippen LogP contribution in [0, 0.1) is 0 Å². The van der Waals surface area contributed by atoms with Crippen molar-refractivity contribution in [1.82, 2.24) is 4.98 Å². The van der Waals surface area contributed by atoms with Crippen LogP contribution in [0.4, 0.5) is 0 Å². The molecule has 3 rings (SSSR count).